The molecule has 5 nitrogen and oxygen atoms in total. The first-order valence-electron chi connectivity index (χ1n) is 5.88. The minimum absolute atomic E-state index is 0.162. The number of carbonyl (C=O) groups excluding carboxylic acids is 2. The van der Waals surface area contributed by atoms with Gasteiger partial charge in [0.1, 0.15) is 5.69 Å². The summed E-state index contributed by atoms with van der Waals surface area (Å²) < 4.78 is 0. The number of benzene rings is 2. The highest BCUT2D eigenvalue weighted by molar-refractivity contribution is 6.01. The molecule has 2 aromatic rings. The van der Waals surface area contributed by atoms with E-state index >= 15 is 0 Å². The molecular weight excluding hydrogens is 254 g/mol. The Morgan fingerprint density at radius 2 is 1.45 bits per heavy atom. The van der Waals surface area contributed by atoms with Crippen LogP contribution in [0, 0.1) is 0 Å². The molecule has 0 aliphatic heterocycles. The minimum Gasteiger partial charge on any atom is -0.396 e. The second-order valence-corrected chi connectivity index (χ2v) is 4.14. The van der Waals surface area contributed by atoms with Gasteiger partial charge in [0, 0.05) is 17.3 Å². The van der Waals surface area contributed by atoms with Gasteiger partial charge < -0.3 is 11.5 Å². The minimum atomic E-state index is 0.162. The van der Waals surface area contributed by atoms with Gasteiger partial charge in [-0.1, -0.05) is 30.3 Å². The molecule has 0 unspecified atom stereocenters. The Hall–Kier alpha value is -2.95. The van der Waals surface area contributed by atoms with Gasteiger partial charge in [0.05, 0.1) is 11.4 Å². The van der Waals surface area contributed by atoms with Crippen molar-refractivity contribution in [3.63, 3.8) is 0 Å². The number of nitrogen functional groups attached to an aromatic ring is 2. The van der Waals surface area contributed by atoms with Crippen LogP contribution in [0.3, 0.4) is 0 Å². The van der Waals surface area contributed by atoms with Crippen molar-refractivity contribution in [2.24, 2.45) is 4.99 Å². The van der Waals surface area contributed by atoms with Gasteiger partial charge in [0.15, 0.2) is 12.6 Å². The molecule has 0 aromatic heterocycles. The van der Waals surface area contributed by atoms with Gasteiger partial charge in [-0.25, -0.2) is 0 Å². The summed E-state index contributed by atoms with van der Waals surface area (Å²) in [4.78, 5) is 26.1. The highest BCUT2D eigenvalue weighted by atomic mass is 16.1. The average Bonchev–Trinajstić information content (AvgIpc) is 2.48. The predicted molar refractivity (Wildman–Crippen MR) is 79.7 cm³/mol. The first-order valence-corrected chi connectivity index (χ1v) is 5.88. The van der Waals surface area contributed by atoms with Gasteiger partial charge >= 0.3 is 0 Å². The van der Waals surface area contributed by atoms with E-state index in [0.29, 0.717) is 12.6 Å². The number of nitrogens with zero attached hydrogens (tertiary/aromatic N) is 1. The quantitative estimate of drug-likeness (QED) is 0.504. The molecule has 0 aliphatic carbocycles. The van der Waals surface area contributed by atoms with E-state index in [1.54, 1.807) is 6.21 Å². The molecule has 0 spiro atoms. The first-order chi connectivity index (χ1) is 9.67. The molecule has 0 radical (unpaired) electrons. The number of rotatable bonds is 4. The lowest BCUT2D eigenvalue weighted by Gasteiger charge is -2.09. The van der Waals surface area contributed by atoms with Crippen LogP contribution in [0.4, 0.5) is 17.1 Å². The molecular formula is C15H13N3O2. The van der Waals surface area contributed by atoms with Crippen LogP contribution in [0.5, 0.6) is 0 Å². The maximum Gasteiger partial charge on any atom is 0.152 e. The van der Waals surface area contributed by atoms with Crippen molar-refractivity contribution in [1.82, 2.24) is 0 Å². The van der Waals surface area contributed by atoms with Crippen molar-refractivity contribution in [2.75, 3.05) is 11.5 Å². The van der Waals surface area contributed by atoms with E-state index in [0.717, 1.165) is 5.56 Å². The van der Waals surface area contributed by atoms with Crippen molar-refractivity contribution >= 4 is 35.8 Å². The summed E-state index contributed by atoms with van der Waals surface area (Å²) in [6.45, 7) is 0. The topological polar surface area (TPSA) is 98.5 Å². The highest BCUT2D eigenvalue weighted by Crippen LogP contribution is 2.34. The average molecular weight is 267 g/mol. The summed E-state index contributed by atoms with van der Waals surface area (Å²) in [5, 5.41) is 0. The van der Waals surface area contributed by atoms with Crippen molar-refractivity contribution in [3.8, 4) is 0 Å². The summed E-state index contributed by atoms with van der Waals surface area (Å²) >= 11 is 0. The summed E-state index contributed by atoms with van der Waals surface area (Å²) in [6.07, 6.45) is 2.72. The molecule has 2 aromatic carbocycles. The molecule has 0 aliphatic rings. The van der Waals surface area contributed by atoms with Crippen LogP contribution in [0.2, 0.25) is 0 Å². The fraction of sp³-hybridized carbons (Fsp3) is 0. The molecule has 20 heavy (non-hydrogen) atoms. The monoisotopic (exact) mass is 267 g/mol. The molecule has 0 saturated heterocycles. The maximum atomic E-state index is 10.9. The van der Waals surface area contributed by atoms with E-state index in [4.69, 9.17) is 11.5 Å². The van der Waals surface area contributed by atoms with E-state index in [2.05, 4.69) is 4.99 Å². The Kier molecular flexibility index (Phi) is 3.91. The summed E-state index contributed by atoms with van der Waals surface area (Å²) in [5.41, 5.74) is 13.5. The van der Waals surface area contributed by atoms with Gasteiger partial charge in [0.2, 0.25) is 0 Å². The summed E-state index contributed by atoms with van der Waals surface area (Å²) in [7, 11) is 0. The third-order valence-electron chi connectivity index (χ3n) is 2.84. The van der Waals surface area contributed by atoms with Crippen molar-refractivity contribution < 1.29 is 9.59 Å². The SMILES string of the molecule is Nc1c(C=O)cc(C=O)c(N)c1N=Cc1ccccc1. The first kappa shape index (κ1) is 13.5. The fourth-order valence-corrected chi connectivity index (χ4v) is 1.75. The fourth-order valence-electron chi connectivity index (χ4n) is 1.75. The van der Waals surface area contributed by atoms with Crippen molar-refractivity contribution in [3.05, 3.63) is 53.1 Å². The molecule has 2 rings (SSSR count). The van der Waals surface area contributed by atoms with Gasteiger partial charge in [-0.15, -0.1) is 0 Å². The van der Waals surface area contributed by atoms with Crippen LogP contribution in [0.15, 0.2) is 41.4 Å². The Morgan fingerprint density at radius 3 is 1.95 bits per heavy atom. The lowest BCUT2D eigenvalue weighted by molar-refractivity contribution is 0.112. The Labute approximate surface area is 115 Å². The van der Waals surface area contributed by atoms with Crippen LogP contribution in [-0.2, 0) is 0 Å². The maximum absolute atomic E-state index is 10.9. The van der Waals surface area contributed by atoms with E-state index in [9.17, 15) is 9.59 Å². The molecule has 100 valence electrons. The normalized spacial score (nSPS) is 10.6. The third-order valence-corrected chi connectivity index (χ3v) is 2.84. The smallest absolute Gasteiger partial charge is 0.152 e. The summed E-state index contributed by atoms with van der Waals surface area (Å²) in [5.74, 6) is 0. The lowest BCUT2D eigenvalue weighted by atomic mass is 10.1. The molecule has 4 N–H and O–H groups in total. The van der Waals surface area contributed by atoms with E-state index in [-0.39, 0.29) is 28.2 Å². The number of aliphatic imine (C=N–C) groups is 1. The van der Waals surface area contributed by atoms with Crippen LogP contribution >= 0.6 is 0 Å². The second-order valence-electron chi connectivity index (χ2n) is 4.14. The molecule has 5 heteroatoms. The van der Waals surface area contributed by atoms with Crippen LogP contribution < -0.4 is 11.5 Å². The molecule has 0 saturated carbocycles. The molecule has 0 bridgehead atoms. The van der Waals surface area contributed by atoms with Gasteiger partial charge in [0.25, 0.3) is 0 Å². The number of aldehydes is 2. The third kappa shape index (κ3) is 2.56. The van der Waals surface area contributed by atoms with Crippen molar-refractivity contribution in [2.45, 2.75) is 0 Å². The Balaban J connectivity index is 2.53. The number of anilines is 2. The van der Waals surface area contributed by atoms with Gasteiger partial charge in [-0.2, -0.15) is 0 Å². The molecule has 0 atom stereocenters. The van der Waals surface area contributed by atoms with Crippen molar-refractivity contribution in [1.29, 1.82) is 0 Å². The molecule has 0 amide bonds. The molecule has 0 fully saturated rings. The Morgan fingerprint density at radius 1 is 0.900 bits per heavy atom. The highest BCUT2D eigenvalue weighted by Gasteiger charge is 2.12. The van der Waals surface area contributed by atoms with Gasteiger partial charge in [-0.3, -0.25) is 14.6 Å². The molecule has 0 heterocycles. The largest absolute Gasteiger partial charge is 0.396 e. The predicted octanol–water partition coefficient (Wildman–Crippen LogP) is 2.23. The zero-order valence-electron chi connectivity index (χ0n) is 10.6. The zero-order valence-corrected chi connectivity index (χ0v) is 10.6. The standard InChI is InChI=1S/C15H13N3O2/c16-13-11(8-19)6-12(9-20)14(17)15(13)18-7-10-4-2-1-3-5-10/h1-9H,16-17H2. The van der Waals surface area contributed by atoms with Crippen LogP contribution in [0.1, 0.15) is 26.3 Å². The second kappa shape index (κ2) is 5.79. The Bertz CT molecular complexity index is 647. The van der Waals surface area contributed by atoms with Crippen LogP contribution in [-0.4, -0.2) is 18.8 Å². The van der Waals surface area contributed by atoms with Gasteiger partial charge in [-0.05, 0) is 11.6 Å². The number of hydrogen-bond donors (Lipinski definition) is 2. The van der Waals surface area contributed by atoms with E-state index < -0.39 is 0 Å². The number of carbonyl (C=O) groups is 2. The summed E-state index contributed by atoms with van der Waals surface area (Å²) in [6, 6.07) is 10.7. The zero-order chi connectivity index (χ0) is 14.5. The number of hydrogen-bond acceptors (Lipinski definition) is 5. The van der Waals surface area contributed by atoms with E-state index in [1.165, 1.54) is 6.07 Å². The van der Waals surface area contributed by atoms with Crippen LogP contribution in [0.25, 0.3) is 0 Å². The lowest BCUT2D eigenvalue weighted by Crippen LogP contribution is -2.01. The number of nitrogens with two attached hydrogens (primary N) is 2. The van der Waals surface area contributed by atoms with E-state index in [1.807, 2.05) is 30.3 Å².